The standard InChI is InChI=1S/C17H23FN2O2/c1-12(21)19-8-13-3-4-15(11-19)20(9-13)10-14-7-16(22-2)5-6-17(14)18/h5-7,13,15H,3-4,8-11H2,1-2H3/t13-,15+/m0/s1. The molecule has 0 N–H and O–H groups in total. The molecule has 3 aliphatic rings. The zero-order valence-electron chi connectivity index (χ0n) is 13.2. The second kappa shape index (κ2) is 6.24. The first-order chi connectivity index (χ1) is 10.6. The summed E-state index contributed by atoms with van der Waals surface area (Å²) in [6.45, 7) is 4.75. The molecular weight excluding hydrogens is 283 g/mol. The molecule has 3 aliphatic heterocycles. The topological polar surface area (TPSA) is 32.8 Å². The van der Waals surface area contributed by atoms with E-state index in [1.165, 1.54) is 6.07 Å². The van der Waals surface area contributed by atoms with Crippen molar-refractivity contribution in [3.8, 4) is 5.75 Å². The monoisotopic (exact) mass is 306 g/mol. The molecule has 4 nitrogen and oxygen atoms in total. The van der Waals surface area contributed by atoms with E-state index >= 15 is 0 Å². The van der Waals surface area contributed by atoms with Crippen molar-refractivity contribution in [3.63, 3.8) is 0 Å². The summed E-state index contributed by atoms with van der Waals surface area (Å²) in [4.78, 5) is 16.0. The second-order valence-corrected chi connectivity index (χ2v) is 6.41. The number of benzene rings is 1. The molecule has 1 amide bonds. The van der Waals surface area contributed by atoms with Crippen LogP contribution in [0.25, 0.3) is 0 Å². The average Bonchev–Trinajstić information content (AvgIpc) is 2.81. The van der Waals surface area contributed by atoms with Crippen molar-refractivity contribution in [3.05, 3.63) is 29.6 Å². The molecule has 3 saturated heterocycles. The highest BCUT2D eigenvalue weighted by Crippen LogP contribution is 2.30. The molecule has 0 aromatic heterocycles. The van der Waals surface area contributed by atoms with E-state index in [9.17, 15) is 9.18 Å². The lowest BCUT2D eigenvalue weighted by molar-refractivity contribution is -0.129. The molecule has 0 aliphatic carbocycles. The predicted molar refractivity (Wildman–Crippen MR) is 82.1 cm³/mol. The molecule has 2 atom stereocenters. The summed E-state index contributed by atoms with van der Waals surface area (Å²) in [5.41, 5.74) is 0.668. The molecule has 2 bridgehead atoms. The quantitative estimate of drug-likeness (QED) is 0.859. The lowest BCUT2D eigenvalue weighted by Gasteiger charge is -2.36. The summed E-state index contributed by atoms with van der Waals surface area (Å²) in [7, 11) is 1.59. The molecule has 1 aromatic rings. The Kier molecular flexibility index (Phi) is 4.34. The molecule has 120 valence electrons. The first-order valence-electron chi connectivity index (χ1n) is 7.89. The van der Waals surface area contributed by atoms with Crippen LogP contribution in [0, 0.1) is 11.7 Å². The summed E-state index contributed by atoms with van der Waals surface area (Å²) < 4.78 is 19.3. The van der Waals surface area contributed by atoms with Crippen molar-refractivity contribution in [2.45, 2.75) is 32.4 Å². The van der Waals surface area contributed by atoms with E-state index in [-0.39, 0.29) is 11.7 Å². The van der Waals surface area contributed by atoms with Crippen LogP contribution in [-0.4, -0.2) is 48.5 Å². The van der Waals surface area contributed by atoms with Gasteiger partial charge in [-0.2, -0.15) is 0 Å². The number of fused-ring (bicyclic) bond motifs is 4. The highest BCUT2D eigenvalue weighted by Gasteiger charge is 2.35. The number of halogens is 1. The number of piperidine rings is 1. The van der Waals surface area contributed by atoms with E-state index in [1.54, 1.807) is 26.2 Å². The van der Waals surface area contributed by atoms with Crippen LogP contribution in [0.4, 0.5) is 4.39 Å². The largest absolute Gasteiger partial charge is 0.497 e. The molecule has 4 rings (SSSR count). The normalized spacial score (nSPS) is 25.1. The summed E-state index contributed by atoms with van der Waals surface area (Å²) in [6.07, 6.45) is 2.24. The van der Waals surface area contributed by atoms with Gasteiger partial charge in [0.25, 0.3) is 0 Å². The zero-order valence-corrected chi connectivity index (χ0v) is 13.2. The van der Waals surface area contributed by atoms with Crippen LogP contribution in [0.3, 0.4) is 0 Å². The minimum absolute atomic E-state index is 0.145. The summed E-state index contributed by atoms with van der Waals surface area (Å²) in [5, 5.41) is 0. The van der Waals surface area contributed by atoms with Crippen molar-refractivity contribution >= 4 is 5.91 Å². The Morgan fingerprint density at radius 2 is 2.14 bits per heavy atom. The Labute approximate surface area is 130 Å². The fourth-order valence-corrected chi connectivity index (χ4v) is 3.65. The molecule has 3 heterocycles. The molecule has 0 radical (unpaired) electrons. The van der Waals surface area contributed by atoms with Crippen molar-refractivity contribution in [1.82, 2.24) is 9.80 Å². The lowest BCUT2D eigenvalue weighted by Crippen LogP contribution is -2.43. The molecule has 0 saturated carbocycles. The van der Waals surface area contributed by atoms with Crippen LogP contribution in [0.15, 0.2) is 18.2 Å². The number of hydrogen-bond donors (Lipinski definition) is 0. The third kappa shape index (κ3) is 3.09. The van der Waals surface area contributed by atoms with E-state index in [4.69, 9.17) is 4.74 Å². The number of methoxy groups -OCH3 is 1. The van der Waals surface area contributed by atoms with Gasteiger partial charge in [0.2, 0.25) is 5.91 Å². The Bertz CT molecular complexity index is 564. The van der Waals surface area contributed by atoms with Gasteiger partial charge in [-0.3, -0.25) is 9.69 Å². The first kappa shape index (κ1) is 15.3. The van der Waals surface area contributed by atoms with Crippen LogP contribution in [-0.2, 0) is 11.3 Å². The Balaban J connectivity index is 1.77. The maximum Gasteiger partial charge on any atom is 0.219 e. The summed E-state index contributed by atoms with van der Waals surface area (Å²) in [5.74, 6) is 1.13. The van der Waals surface area contributed by atoms with Crippen LogP contribution in [0.2, 0.25) is 0 Å². The van der Waals surface area contributed by atoms with Crippen molar-refractivity contribution in [2.75, 3.05) is 26.7 Å². The van der Waals surface area contributed by atoms with Gasteiger partial charge in [-0.15, -0.1) is 0 Å². The number of hydrogen-bond acceptors (Lipinski definition) is 3. The molecule has 0 unspecified atom stereocenters. The van der Waals surface area contributed by atoms with E-state index in [0.717, 1.165) is 32.5 Å². The number of ether oxygens (including phenoxy) is 1. The zero-order chi connectivity index (χ0) is 15.7. The summed E-state index contributed by atoms with van der Waals surface area (Å²) >= 11 is 0. The van der Waals surface area contributed by atoms with Crippen molar-refractivity contribution in [2.24, 2.45) is 5.92 Å². The smallest absolute Gasteiger partial charge is 0.219 e. The second-order valence-electron chi connectivity index (χ2n) is 6.41. The van der Waals surface area contributed by atoms with Crippen molar-refractivity contribution in [1.29, 1.82) is 0 Å². The third-order valence-corrected chi connectivity index (χ3v) is 4.90. The van der Waals surface area contributed by atoms with Gasteiger partial charge in [-0.25, -0.2) is 4.39 Å². The number of carbonyl (C=O) groups is 1. The summed E-state index contributed by atoms with van der Waals surface area (Å²) in [6, 6.07) is 5.21. The Morgan fingerprint density at radius 3 is 2.86 bits per heavy atom. The van der Waals surface area contributed by atoms with Gasteiger partial charge >= 0.3 is 0 Å². The Morgan fingerprint density at radius 1 is 1.32 bits per heavy atom. The maximum absolute atomic E-state index is 14.1. The van der Waals surface area contributed by atoms with Crippen LogP contribution in [0.1, 0.15) is 25.3 Å². The molecule has 1 aromatic carbocycles. The van der Waals surface area contributed by atoms with Gasteiger partial charge in [0.05, 0.1) is 7.11 Å². The lowest BCUT2D eigenvalue weighted by atomic mass is 9.94. The maximum atomic E-state index is 14.1. The van der Waals surface area contributed by atoms with Gasteiger partial charge in [0, 0.05) is 44.7 Å². The molecular formula is C17H23FN2O2. The number of rotatable bonds is 3. The predicted octanol–water partition coefficient (Wildman–Crippen LogP) is 2.28. The van der Waals surface area contributed by atoms with Crippen LogP contribution < -0.4 is 4.74 Å². The van der Waals surface area contributed by atoms with E-state index < -0.39 is 0 Å². The molecule has 3 fully saturated rings. The van der Waals surface area contributed by atoms with Crippen LogP contribution >= 0.6 is 0 Å². The fraction of sp³-hybridized carbons (Fsp3) is 0.588. The molecule has 5 heteroatoms. The van der Waals surface area contributed by atoms with Gasteiger partial charge in [0.1, 0.15) is 11.6 Å². The number of carbonyl (C=O) groups excluding carboxylic acids is 1. The molecule has 0 spiro atoms. The third-order valence-electron chi connectivity index (χ3n) is 4.90. The van der Waals surface area contributed by atoms with Crippen LogP contribution in [0.5, 0.6) is 5.75 Å². The van der Waals surface area contributed by atoms with Gasteiger partial charge in [0.15, 0.2) is 0 Å². The first-order valence-corrected chi connectivity index (χ1v) is 7.89. The highest BCUT2D eigenvalue weighted by atomic mass is 19.1. The van der Waals surface area contributed by atoms with E-state index in [1.807, 2.05) is 4.90 Å². The fourth-order valence-electron chi connectivity index (χ4n) is 3.65. The number of nitrogens with zero attached hydrogens (tertiary/aromatic N) is 2. The van der Waals surface area contributed by atoms with Gasteiger partial charge in [-0.1, -0.05) is 0 Å². The van der Waals surface area contributed by atoms with Crippen molar-refractivity contribution < 1.29 is 13.9 Å². The number of amides is 1. The SMILES string of the molecule is COc1ccc(F)c(CN2C[C@H]3CC[C@@H]2CN(C(C)=O)C3)c1. The van der Waals surface area contributed by atoms with E-state index in [2.05, 4.69) is 4.90 Å². The average molecular weight is 306 g/mol. The highest BCUT2D eigenvalue weighted by molar-refractivity contribution is 5.73. The van der Waals surface area contributed by atoms with Gasteiger partial charge < -0.3 is 9.64 Å². The minimum Gasteiger partial charge on any atom is -0.497 e. The minimum atomic E-state index is -0.190. The van der Waals surface area contributed by atoms with Gasteiger partial charge in [-0.05, 0) is 37.0 Å². The molecule has 22 heavy (non-hydrogen) atoms. The Hall–Kier alpha value is -1.62. The van der Waals surface area contributed by atoms with E-state index in [0.29, 0.717) is 29.8 Å².